The summed E-state index contributed by atoms with van der Waals surface area (Å²) in [6, 6.07) is 0.944. The van der Waals surface area contributed by atoms with Crippen molar-refractivity contribution in [1.82, 2.24) is 10.6 Å². The van der Waals surface area contributed by atoms with E-state index in [2.05, 4.69) is 24.5 Å². The molecule has 1 aliphatic carbocycles. The largest absolute Gasteiger partial charge is 0.444 e. The number of hydrogen-bond donors (Lipinski definition) is 2. The van der Waals surface area contributed by atoms with Gasteiger partial charge in [0.1, 0.15) is 5.60 Å². The summed E-state index contributed by atoms with van der Waals surface area (Å²) in [6.45, 7) is 10.5. The van der Waals surface area contributed by atoms with Gasteiger partial charge in [-0.1, -0.05) is 13.3 Å². The molecule has 0 aliphatic heterocycles. The standard InChI is InChI=1S/C13H26N2O2/c1-6-10-7-11(10)15-9(2)8-14-12(16)17-13(3,4)5/h9-11,15H,6-8H2,1-5H3,(H,14,16). The zero-order valence-electron chi connectivity index (χ0n) is 11.7. The van der Waals surface area contributed by atoms with Gasteiger partial charge in [-0.25, -0.2) is 4.79 Å². The van der Waals surface area contributed by atoms with E-state index in [4.69, 9.17) is 4.74 Å². The summed E-state index contributed by atoms with van der Waals surface area (Å²) in [7, 11) is 0. The minimum atomic E-state index is -0.426. The van der Waals surface area contributed by atoms with Gasteiger partial charge in [0.05, 0.1) is 0 Å². The highest BCUT2D eigenvalue weighted by molar-refractivity contribution is 5.67. The first-order valence-electron chi connectivity index (χ1n) is 6.54. The second-order valence-corrected chi connectivity index (χ2v) is 5.96. The highest BCUT2D eigenvalue weighted by Gasteiger charge is 2.35. The van der Waals surface area contributed by atoms with E-state index in [-0.39, 0.29) is 6.09 Å². The van der Waals surface area contributed by atoms with Crippen molar-refractivity contribution in [3.8, 4) is 0 Å². The highest BCUT2D eigenvalue weighted by atomic mass is 16.6. The molecule has 3 unspecified atom stereocenters. The van der Waals surface area contributed by atoms with E-state index in [0.717, 1.165) is 5.92 Å². The number of carbonyl (C=O) groups is 1. The molecule has 100 valence electrons. The second kappa shape index (κ2) is 5.71. The van der Waals surface area contributed by atoms with Gasteiger partial charge in [-0.05, 0) is 40.0 Å². The summed E-state index contributed by atoms with van der Waals surface area (Å²) in [5.74, 6) is 0.832. The number of amides is 1. The molecule has 1 amide bonds. The molecule has 0 aromatic carbocycles. The Hall–Kier alpha value is -0.770. The lowest BCUT2D eigenvalue weighted by Gasteiger charge is -2.21. The Bertz CT molecular complexity index is 261. The molecule has 4 heteroatoms. The van der Waals surface area contributed by atoms with Gasteiger partial charge in [0.2, 0.25) is 0 Å². The molecule has 1 saturated carbocycles. The molecule has 1 rings (SSSR count). The van der Waals surface area contributed by atoms with Crippen LogP contribution in [0.4, 0.5) is 4.79 Å². The van der Waals surface area contributed by atoms with Crippen LogP contribution >= 0.6 is 0 Å². The topological polar surface area (TPSA) is 50.4 Å². The van der Waals surface area contributed by atoms with Crippen LogP contribution in [-0.4, -0.2) is 30.3 Å². The number of nitrogens with one attached hydrogen (secondary N) is 2. The molecule has 0 bridgehead atoms. The van der Waals surface area contributed by atoms with Gasteiger partial charge in [0.15, 0.2) is 0 Å². The fourth-order valence-corrected chi connectivity index (χ4v) is 1.88. The summed E-state index contributed by atoms with van der Waals surface area (Å²) >= 11 is 0. The normalized spacial score (nSPS) is 25.2. The maximum atomic E-state index is 11.4. The van der Waals surface area contributed by atoms with Crippen molar-refractivity contribution in [2.75, 3.05) is 6.54 Å². The lowest BCUT2D eigenvalue weighted by Crippen LogP contribution is -2.42. The van der Waals surface area contributed by atoms with Gasteiger partial charge >= 0.3 is 6.09 Å². The average molecular weight is 242 g/mol. The molecule has 3 atom stereocenters. The quantitative estimate of drug-likeness (QED) is 0.777. The van der Waals surface area contributed by atoms with E-state index in [0.29, 0.717) is 18.6 Å². The summed E-state index contributed by atoms with van der Waals surface area (Å²) < 4.78 is 5.17. The summed E-state index contributed by atoms with van der Waals surface area (Å²) in [5.41, 5.74) is -0.426. The molecule has 0 aromatic rings. The summed E-state index contributed by atoms with van der Waals surface area (Å²) in [6.07, 6.45) is 2.17. The first-order valence-corrected chi connectivity index (χ1v) is 6.54. The molecular weight excluding hydrogens is 216 g/mol. The van der Waals surface area contributed by atoms with Crippen molar-refractivity contribution in [2.24, 2.45) is 5.92 Å². The van der Waals surface area contributed by atoms with Crippen molar-refractivity contribution in [2.45, 2.75) is 65.1 Å². The summed E-state index contributed by atoms with van der Waals surface area (Å²) in [4.78, 5) is 11.4. The van der Waals surface area contributed by atoms with Gasteiger partial charge < -0.3 is 15.4 Å². The van der Waals surface area contributed by atoms with Crippen LogP contribution in [0.15, 0.2) is 0 Å². The van der Waals surface area contributed by atoms with Gasteiger partial charge in [-0.2, -0.15) is 0 Å². The summed E-state index contributed by atoms with van der Waals surface area (Å²) in [5, 5.41) is 6.28. The molecule has 2 N–H and O–H groups in total. The number of carbonyl (C=O) groups excluding carboxylic acids is 1. The third kappa shape index (κ3) is 5.91. The number of hydrogen-bond acceptors (Lipinski definition) is 3. The Morgan fingerprint density at radius 1 is 1.47 bits per heavy atom. The Morgan fingerprint density at radius 3 is 2.59 bits per heavy atom. The van der Waals surface area contributed by atoms with Crippen molar-refractivity contribution in [3.05, 3.63) is 0 Å². The SMILES string of the molecule is CCC1CC1NC(C)CNC(=O)OC(C)(C)C. The number of alkyl carbamates (subject to hydrolysis) is 1. The molecule has 0 radical (unpaired) electrons. The molecule has 17 heavy (non-hydrogen) atoms. The smallest absolute Gasteiger partial charge is 0.407 e. The fourth-order valence-electron chi connectivity index (χ4n) is 1.88. The Balaban J connectivity index is 2.11. The Labute approximate surface area is 104 Å². The average Bonchev–Trinajstić information content (AvgIpc) is 2.91. The van der Waals surface area contributed by atoms with Gasteiger partial charge in [0.25, 0.3) is 0 Å². The predicted octanol–water partition coefficient (Wildman–Crippen LogP) is 2.29. The van der Waals surface area contributed by atoms with E-state index >= 15 is 0 Å². The highest BCUT2D eigenvalue weighted by Crippen LogP contribution is 2.33. The molecular formula is C13H26N2O2. The molecule has 4 nitrogen and oxygen atoms in total. The molecule has 1 aliphatic rings. The van der Waals surface area contributed by atoms with Crippen LogP contribution in [0.1, 0.15) is 47.5 Å². The third-order valence-electron chi connectivity index (χ3n) is 2.90. The maximum absolute atomic E-state index is 11.4. The first-order chi connectivity index (χ1) is 7.81. The minimum Gasteiger partial charge on any atom is -0.444 e. The van der Waals surface area contributed by atoms with Crippen LogP contribution in [0.5, 0.6) is 0 Å². The third-order valence-corrected chi connectivity index (χ3v) is 2.90. The first kappa shape index (κ1) is 14.3. The second-order valence-electron chi connectivity index (χ2n) is 5.96. The van der Waals surface area contributed by atoms with Crippen LogP contribution in [0, 0.1) is 5.92 Å². The molecule has 0 spiro atoms. The number of ether oxygens (including phenoxy) is 1. The fraction of sp³-hybridized carbons (Fsp3) is 0.923. The van der Waals surface area contributed by atoms with Crippen LogP contribution < -0.4 is 10.6 Å². The lowest BCUT2D eigenvalue weighted by molar-refractivity contribution is 0.0523. The van der Waals surface area contributed by atoms with Crippen molar-refractivity contribution >= 4 is 6.09 Å². The molecule has 0 heterocycles. The monoisotopic (exact) mass is 242 g/mol. The van der Waals surface area contributed by atoms with Crippen molar-refractivity contribution < 1.29 is 9.53 Å². The van der Waals surface area contributed by atoms with Gasteiger partial charge in [0, 0.05) is 18.6 Å². The lowest BCUT2D eigenvalue weighted by atomic mass is 10.2. The minimum absolute atomic E-state index is 0.295. The van der Waals surface area contributed by atoms with Crippen molar-refractivity contribution in [3.63, 3.8) is 0 Å². The van der Waals surface area contributed by atoms with E-state index in [9.17, 15) is 4.79 Å². The van der Waals surface area contributed by atoms with E-state index in [1.807, 2.05) is 20.8 Å². The van der Waals surface area contributed by atoms with Gasteiger partial charge in [-0.3, -0.25) is 0 Å². The molecule has 0 aromatic heterocycles. The maximum Gasteiger partial charge on any atom is 0.407 e. The van der Waals surface area contributed by atoms with Crippen LogP contribution in [0.2, 0.25) is 0 Å². The molecule has 0 saturated heterocycles. The predicted molar refractivity (Wildman–Crippen MR) is 69.0 cm³/mol. The van der Waals surface area contributed by atoms with Crippen LogP contribution in [0.3, 0.4) is 0 Å². The van der Waals surface area contributed by atoms with Gasteiger partial charge in [-0.15, -0.1) is 0 Å². The zero-order valence-corrected chi connectivity index (χ0v) is 11.7. The van der Waals surface area contributed by atoms with Crippen molar-refractivity contribution in [1.29, 1.82) is 0 Å². The van der Waals surface area contributed by atoms with E-state index in [1.54, 1.807) is 0 Å². The van der Waals surface area contributed by atoms with E-state index < -0.39 is 5.60 Å². The number of rotatable bonds is 5. The zero-order chi connectivity index (χ0) is 13.1. The van der Waals surface area contributed by atoms with E-state index in [1.165, 1.54) is 12.8 Å². The Kier molecular flexibility index (Phi) is 4.80. The Morgan fingerprint density at radius 2 is 2.12 bits per heavy atom. The van der Waals surface area contributed by atoms with Crippen LogP contribution in [0.25, 0.3) is 0 Å². The molecule has 1 fully saturated rings. The van der Waals surface area contributed by atoms with Crippen LogP contribution in [-0.2, 0) is 4.74 Å².